The number of benzene rings is 1. The van der Waals surface area contributed by atoms with Gasteiger partial charge < -0.3 is 10.6 Å². The van der Waals surface area contributed by atoms with E-state index in [4.69, 9.17) is 0 Å². The molecule has 0 aliphatic heterocycles. The van der Waals surface area contributed by atoms with Gasteiger partial charge in [-0.05, 0) is 45.1 Å². The number of hydrogen-bond acceptors (Lipinski definition) is 2. The van der Waals surface area contributed by atoms with Crippen molar-refractivity contribution in [2.75, 3.05) is 25.9 Å². The lowest BCUT2D eigenvalue weighted by atomic mass is 10.1. The lowest BCUT2D eigenvalue weighted by Gasteiger charge is -2.20. The minimum atomic E-state index is -0.148. The Morgan fingerprint density at radius 3 is 2.55 bits per heavy atom. The molecule has 0 unspecified atom stereocenters. The number of nitrogens with one attached hydrogen (secondary N) is 2. The Morgan fingerprint density at radius 1 is 1.27 bits per heavy atom. The average molecular weight is 439 g/mol. The molecule has 1 rings (SSSR count). The summed E-state index contributed by atoms with van der Waals surface area (Å²) in [6, 6.07) is 6.88. The van der Waals surface area contributed by atoms with Crippen LogP contribution in [0.5, 0.6) is 0 Å². The quantitative estimate of drug-likeness (QED) is 0.387. The largest absolute Gasteiger partial charge is 0.357 e. The lowest BCUT2D eigenvalue weighted by molar-refractivity contribution is 0.606. The highest BCUT2D eigenvalue weighted by Gasteiger charge is 2.15. The minimum Gasteiger partial charge on any atom is -0.357 e. The third-order valence-electron chi connectivity index (χ3n) is 3.16. The van der Waals surface area contributed by atoms with Crippen LogP contribution in [0.4, 0.5) is 4.39 Å². The van der Waals surface area contributed by atoms with Crippen molar-refractivity contribution in [1.29, 1.82) is 0 Å². The molecular weight excluding hydrogens is 412 g/mol. The van der Waals surface area contributed by atoms with E-state index in [9.17, 15) is 4.39 Å². The van der Waals surface area contributed by atoms with E-state index < -0.39 is 0 Å². The summed E-state index contributed by atoms with van der Waals surface area (Å²) < 4.78 is 13.7. The SMILES string of the molecule is CCNC(=NCC(C)(C)SC)NCCc1ccccc1F.I. The molecule has 1 aromatic carbocycles. The molecule has 6 heteroatoms. The number of guanidine groups is 1. The minimum absolute atomic E-state index is 0. The molecule has 0 radical (unpaired) electrons. The molecule has 0 heterocycles. The molecule has 0 atom stereocenters. The smallest absolute Gasteiger partial charge is 0.191 e. The Labute approximate surface area is 155 Å². The number of hydrogen-bond donors (Lipinski definition) is 2. The van der Waals surface area contributed by atoms with Gasteiger partial charge >= 0.3 is 0 Å². The molecule has 0 bridgehead atoms. The van der Waals surface area contributed by atoms with Gasteiger partial charge in [-0.1, -0.05) is 18.2 Å². The molecule has 1 aromatic rings. The standard InChI is InChI=1S/C16H26FN3S.HI/c1-5-18-15(20-12-16(2,3)21-4)19-11-10-13-8-6-7-9-14(13)17;/h6-9H,5,10-12H2,1-4H3,(H2,18,19,20);1H. The van der Waals surface area contributed by atoms with Crippen LogP contribution in [0, 0.1) is 5.82 Å². The fourth-order valence-corrected chi connectivity index (χ4v) is 1.89. The van der Waals surface area contributed by atoms with Gasteiger partial charge in [-0.2, -0.15) is 11.8 Å². The summed E-state index contributed by atoms with van der Waals surface area (Å²) in [6.07, 6.45) is 2.73. The molecule has 0 fully saturated rings. The second-order valence-corrected chi connectivity index (χ2v) is 6.94. The van der Waals surface area contributed by atoms with E-state index in [1.54, 1.807) is 17.8 Å². The molecule has 0 aliphatic rings. The van der Waals surface area contributed by atoms with Crippen molar-refractivity contribution >= 4 is 41.7 Å². The van der Waals surface area contributed by atoms with Crippen LogP contribution in [0.1, 0.15) is 26.3 Å². The molecule has 126 valence electrons. The first-order valence-corrected chi connectivity index (χ1v) is 8.51. The van der Waals surface area contributed by atoms with Crippen molar-refractivity contribution in [3.05, 3.63) is 35.6 Å². The molecule has 0 amide bonds. The predicted octanol–water partition coefficient (Wildman–Crippen LogP) is 3.68. The topological polar surface area (TPSA) is 36.4 Å². The first-order valence-electron chi connectivity index (χ1n) is 7.29. The maximum atomic E-state index is 13.5. The summed E-state index contributed by atoms with van der Waals surface area (Å²) in [7, 11) is 0. The van der Waals surface area contributed by atoms with Crippen molar-refractivity contribution in [3.8, 4) is 0 Å². The van der Waals surface area contributed by atoms with Crippen LogP contribution in [0.2, 0.25) is 0 Å². The van der Waals surface area contributed by atoms with Crippen LogP contribution >= 0.6 is 35.7 Å². The van der Waals surface area contributed by atoms with Gasteiger partial charge in [-0.15, -0.1) is 24.0 Å². The molecule has 2 N–H and O–H groups in total. The second kappa shape index (κ2) is 11.1. The summed E-state index contributed by atoms with van der Waals surface area (Å²) in [6.45, 7) is 8.59. The maximum absolute atomic E-state index is 13.5. The fraction of sp³-hybridized carbons (Fsp3) is 0.562. The van der Waals surface area contributed by atoms with Crippen LogP contribution in [-0.2, 0) is 6.42 Å². The highest BCUT2D eigenvalue weighted by atomic mass is 127. The van der Waals surface area contributed by atoms with Crippen LogP contribution in [0.25, 0.3) is 0 Å². The summed E-state index contributed by atoms with van der Waals surface area (Å²) in [5.41, 5.74) is 0.727. The third-order valence-corrected chi connectivity index (χ3v) is 4.39. The summed E-state index contributed by atoms with van der Waals surface area (Å²) in [5, 5.41) is 6.47. The van der Waals surface area contributed by atoms with Crippen molar-refractivity contribution in [2.45, 2.75) is 31.9 Å². The van der Waals surface area contributed by atoms with Crippen molar-refractivity contribution in [2.24, 2.45) is 4.99 Å². The molecule has 0 saturated carbocycles. The van der Waals surface area contributed by atoms with Crippen LogP contribution in [0.3, 0.4) is 0 Å². The predicted molar refractivity (Wildman–Crippen MR) is 107 cm³/mol. The van der Waals surface area contributed by atoms with Gasteiger partial charge in [0.1, 0.15) is 5.82 Å². The molecule has 0 aromatic heterocycles. The maximum Gasteiger partial charge on any atom is 0.191 e. The molecule has 0 saturated heterocycles. The van der Waals surface area contributed by atoms with Crippen LogP contribution in [-0.4, -0.2) is 36.6 Å². The summed E-state index contributed by atoms with van der Waals surface area (Å²) >= 11 is 1.80. The average Bonchev–Trinajstić information content (AvgIpc) is 2.47. The highest BCUT2D eigenvalue weighted by Crippen LogP contribution is 2.20. The second-order valence-electron chi connectivity index (χ2n) is 5.43. The zero-order valence-corrected chi connectivity index (χ0v) is 16.9. The normalized spacial score (nSPS) is 11.8. The van der Waals surface area contributed by atoms with E-state index in [0.717, 1.165) is 24.6 Å². The first-order chi connectivity index (χ1) is 9.98. The van der Waals surface area contributed by atoms with E-state index in [0.29, 0.717) is 13.0 Å². The van der Waals surface area contributed by atoms with Crippen LogP contribution in [0.15, 0.2) is 29.3 Å². The van der Waals surface area contributed by atoms with Crippen LogP contribution < -0.4 is 10.6 Å². The van der Waals surface area contributed by atoms with Gasteiger partial charge in [0.15, 0.2) is 5.96 Å². The molecule has 0 spiro atoms. The number of aliphatic imine (C=N–C) groups is 1. The van der Waals surface area contributed by atoms with E-state index in [1.807, 2.05) is 19.1 Å². The molecule has 22 heavy (non-hydrogen) atoms. The van der Waals surface area contributed by atoms with Gasteiger partial charge in [0, 0.05) is 17.8 Å². The number of thioether (sulfide) groups is 1. The van der Waals surface area contributed by atoms with Gasteiger partial charge in [-0.3, -0.25) is 4.99 Å². The van der Waals surface area contributed by atoms with Crippen molar-refractivity contribution < 1.29 is 4.39 Å². The Hall–Kier alpha value is -0.500. The van der Waals surface area contributed by atoms with Gasteiger partial charge in [-0.25, -0.2) is 4.39 Å². The third kappa shape index (κ3) is 8.22. The zero-order valence-electron chi connectivity index (χ0n) is 13.8. The summed E-state index contributed by atoms with van der Waals surface area (Å²) in [4.78, 5) is 4.59. The Balaban J connectivity index is 0.00000441. The van der Waals surface area contributed by atoms with Gasteiger partial charge in [0.2, 0.25) is 0 Å². The Bertz CT molecular complexity index is 466. The highest BCUT2D eigenvalue weighted by molar-refractivity contribution is 14.0. The number of nitrogens with zero attached hydrogens (tertiary/aromatic N) is 1. The Kier molecular flexibility index (Phi) is 10.8. The lowest BCUT2D eigenvalue weighted by Crippen LogP contribution is -2.39. The molecule has 0 aliphatic carbocycles. The van der Waals surface area contributed by atoms with E-state index in [-0.39, 0.29) is 34.5 Å². The van der Waals surface area contributed by atoms with Gasteiger partial charge in [0.25, 0.3) is 0 Å². The molecular formula is C16H27FIN3S. The van der Waals surface area contributed by atoms with E-state index >= 15 is 0 Å². The van der Waals surface area contributed by atoms with Crippen molar-refractivity contribution in [3.63, 3.8) is 0 Å². The van der Waals surface area contributed by atoms with Crippen molar-refractivity contribution in [1.82, 2.24) is 10.6 Å². The van der Waals surface area contributed by atoms with Gasteiger partial charge in [0.05, 0.1) is 6.54 Å². The van der Waals surface area contributed by atoms with E-state index in [2.05, 4.69) is 35.7 Å². The fourth-order valence-electron chi connectivity index (χ4n) is 1.69. The number of halogens is 2. The summed E-state index contributed by atoms with van der Waals surface area (Å²) in [5.74, 6) is 0.640. The van der Waals surface area contributed by atoms with E-state index in [1.165, 1.54) is 6.07 Å². The zero-order chi connectivity index (χ0) is 15.7. The first kappa shape index (κ1) is 21.5. The monoisotopic (exact) mass is 439 g/mol. The number of rotatable bonds is 7. The Morgan fingerprint density at radius 2 is 1.95 bits per heavy atom. The molecule has 3 nitrogen and oxygen atoms in total.